The first kappa shape index (κ1) is 23.5. The van der Waals surface area contributed by atoms with Crippen LogP contribution in [0.1, 0.15) is 35.1 Å². The van der Waals surface area contributed by atoms with Gasteiger partial charge >= 0.3 is 0 Å². The summed E-state index contributed by atoms with van der Waals surface area (Å²) >= 11 is 1.00. The van der Waals surface area contributed by atoms with Crippen molar-refractivity contribution in [2.24, 2.45) is 5.92 Å². The van der Waals surface area contributed by atoms with Crippen molar-refractivity contribution in [3.05, 3.63) is 64.6 Å². The molecule has 11 heteroatoms. The number of carbonyl (C=O) groups excluding carboxylic acids is 2. The maximum atomic E-state index is 12.5. The highest BCUT2D eigenvalue weighted by atomic mass is 32.2. The minimum Gasteiger partial charge on any atom is -0.326 e. The molecular formula is C21H23N5O4S2. The number of nitrogens with zero attached hydrogens (tertiary/aromatic N) is 2. The van der Waals surface area contributed by atoms with Gasteiger partial charge in [-0.2, -0.15) is 0 Å². The Morgan fingerprint density at radius 2 is 1.59 bits per heavy atom. The zero-order valence-corrected chi connectivity index (χ0v) is 19.2. The SMILES string of the molecule is CC(C)CC(=O)Nc1ccc(S(=O)(=O)NCc2nnc(C(=O)Nc3ccccc3)s2)cc1. The highest BCUT2D eigenvalue weighted by molar-refractivity contribution is 7.89. The Bertz CT molecular complexity index is 1180. The largest absolute Gasteiger partial charge is 0.326 e. The summed E-state index contributed by atoms with van der Waals surface area (Å²) in [6, 6.07) is 14.8. The van der Waals surface area contributed by atoms with Crippen LogP contribution in [0.2, 0.25) is 0 Å². The second-order valence-electron chi connectivity index (χ2n) is 7.32. The zero-order valence-electron chi connectivity index (χ0n) is 17.5. The normalized spacial score (nSPS) is 11.3. The fourth-order valence-corrected chi connectivity index (χ4v) is 4.42. The number of anilines is 2. The number of rotatable bonds is 9. The van der Waals surface area contributed by atoms with E-state index in [2.05, 4.69) is 25.6 Å². The maximum Gasteiger partial charge on any atom is 0.286 e. The number of amides is 2. The van der Waals surface area contributed by atoms with Gasteiger partial charge in [0.25, 0.3) is 5.91 Å². The molecule has 0 unspecified atom stereocenters. The molecule has 1 heterocycles. The minimum absolute atomic E-state index is 0.0471. The highest BCUT2D eigenvalue weighted by Crippen LogP contribution is 2.17. The van der Waals surface area contributed by atoms with Gasteiger partial charge in [-0.25, -0.2) is 13.1 Å². The van der Waals surface area contributed by atoms with E-state index in [1.165, 1.54) is 24.3 Å². The van der Waals surface area contributed by atoms with Crippen molar-refractivity contribution in [1.82, 2.24) is 14.9 Å². The molecule has 2 aromatic carbocycles. The predicted octanol–water partition coefficient (Wildman–Crippen LogP) is 3.25. The van der Waals surface area contributed by atoms with E-state index in [9.17, 15) is 18.0 Å². The molecule has 2 amide bonds. The van der Waals surface area contributed by atoms with Crippen LogP contribution in [-0.4, -0.2) is 30.4 Å². The first-order chi connectivity index (χ1) is 15.2. The van der Waals surface area contributed by atoms with E-state index in [1.54, 1.807) is 24.3 Å². The van der Waals surface area contributed by atoms with Crippen molar-refractivity contribution in [2.75, 3.05) is 10.6 Å². The second kappa shape index (κ2) is 10.4. The molecule has 0 aliphatic heterocycles. The van der Waals surface area contributed by atoms with Crippen LogP contribution < -0.4 is 15.4 Å². The molecule has 0 bridgehead atoms. The third-order valence-electron chi connectivity index (χ3n) is 4.15. The van der Waals surface area contributed by atoms with Gasteiger partial charge in [0.1, 0.15) is 5.01 Å². The van der Waals surface area contributed by atoms with Crippen molar-refractivity contribution in [2.45, 2.75) is 31.7 Å². The Kier molecular flexibility index (Phi) is 7.67. The number of hydrogen-bond donors (Lipinski definition) is 3. The van der Waals surface area contributed by atoms with Crippen LogP contribution in [-0.2, 0) is 21.4 Å². The average molecular weight is 474 g/mol. The Hall–Kier alpha value is -3.15. The smallest absolute Gasteiger partial charge is 0.286 e. The summed E-state index contributed by atoms with van der Waals surface area (Å²) in [7, 11) is -3.81. The van der Waals surface area contributed by atoms with Gasteiger partial charge in [-0.15, -0.1) is 10.2 Å². The molecule has 1 aromatic heterocycles. The van der Waals surface area contributed by atoms with E-state index < -0.39 is 15.9 Å². The number of carbonyl (C=O) groups is 2. The van der Waals surface area contributed by atoms with Crippen molar-refractivity contribution < 1.29 is 18.0 Å². The Morgan fingerprint density at radius 1 is 0.938 bits per heavy atom. The zero-order chi connectivity index (χ0) is 23.1. The van der Waals surface area contributed by atoms with Crippen LogP contribution in [0.5, 0.6) is 0 Å². The summed E-state index contributed by atoms with van der Waals surface area (Å²) < 4.78 is 27.5. The van der Waals surface area contributed by atoms with Gasteiger partial charge in [0.15, 0.2) is 0 Å². The van der Waals surface area contributed by atoms with E-state index in [4.69, 9.17) is 0 Å². The van der Waals surface area contributed by atoms with Crippen LogP contribution in [0, 0.1) is 5.92 Å². The lowest BCUT2D eigenvalue weighted by Crippen LogP contribution is -2.23. The number of para-hydroxylation sites is 1. The first-order valence-electron chi connectivity index (χ1n) is 9.81. The number of hydrogen-bond acceptors (Lipinski definition) is 7. The summed E-state index contributed by atoms with van der Waals surface area (Å²) in [5.41, 5.74) is 1.14. The molecule has 0 spiro atoms. The molecule has 32 heavy (non-hydrogen) atoms. The summed E-state index contributed by atoms with van der Waals surface area (Å²) in [5.74, 6) is -0.320. The quantitative estimate of drug-likeness (QED) is 0.437. The molecule has 3 N–H and O–H groups in total. The summed E-state index contributed by atoms with van der Waals surface area (Å²) in [5, 5.41) is 13.6. The molecular weight excluding hydrogens is 450 g/mol. The number of aromatic nitrogens is 2. The van der Waals surface area contributed by atoms with Gasteiger partial charge in [-0.3, -0.25) is 9.59 Å². The van der Waals surface area contributed by atoms with Crippen LogP contribution in [0.25, 0.3) is 0 Å². The Balaban J connectivity index is 1.57. The van der Waals surface area contributed by atoms with Crippen molar-refractivity contribution in [3.63, 3.8) is 0 Å². The molecule has 0 atom stereocenters. The third kappa shape index (κ3) is 6.67. The van der Waals surface area contributed by atoms with Crippen molar-refractivity contribution >= 4 is 44.5 Å². The predicted molar refractivity (Wildman–Crippen MR) is 123 cm³/mol. The van der Waals surface area contributed by atoms with Gasteiger partial charge in [0, 0.05) is 17.8 Å². The van der Waals surface area contributed by atoms with Crippen LogP contribution >= 0.6 is 11.3 Å². The molecule has 0 aliphatic carbocycles. The summed E-state index contributed by atoms with van der Waals surface area (Å²) in [6.45, 7) is 3.78. The van der Waals surface area contributed by atoms with E-state index >= 15 is 0 Å². The molecule has 0 saturated carbocycles. The average Bonchev–Trinajstić information content (AvgIpc) is 3.22. The topological polar surface area (TPSA) is 130 Å². The molecule has 0 saturated heterocycles. The van der Waals surface area contributed by atoms with Gasteiger partial charge < -0.3 is 10.6 Å². The molecule has 0 fully saturated rings. The highest BCUT2D eigenvalue weighted by Gasteiger charge is 2.17. The summed E-state index contributed by atoms with van der Waals surface area (Å²) in [6.07, 6.45) is 0.384. The van der Waals surface area contributed by atoms with Crippen molar-refractivity contribution in [3.8, 4) is 0 Å². The van der Waals surface area contributed by atoms with Gasteiger partial charge in [0.05, 0.1) is 11.4 Å². The fraction of sp³-hybridized carbons (Fsp3) is 0.238. The van der Waals surface area contributed by atoms with E-state index in [0.29, 0.717) is 22.8 Å². The minimum atomic E-state index is -3.81. The van der Waals surface area contributed by atoms with E-state index in [-0.39, 0.29) is 28.3 Å². The van der Waals surface area contributed by atoms with Crippen LogP contribution in [0.15, 0.2) is 59.5 Å². The van der Waals surface area contributed by atoms with E-state index in [0.717, 1.165) is 11.3 Å². The van der Waals surface area contributed by atoms with E-state index in [1.807, 2.05) is 19.9 Å². The Labute approximate surface area is 190 Å². The molecule has 168 valence electrons. The van der Waals surface area contributed by atoms with Gasteiger partial charge in [0.2, 0.25) is 20.9 Å². The Morgan fingerprint density at radius 3 is 2.25 bits per heavy atom. The van der Waals surface area contributed by atoms with Crippen LogP contribution in [0.3, 0.4) is 0 Å². The fourth-order valence-electron chi connectivity index (χ4n) is 2.66. The molecule has 0 radical (unpaired) electrons. The molecule has 3 aromatic rings. The van der Waals surface area contributed by atoms with Gasteiger partial charge in [-0.1, -0.05) is 43.4 Å². The summed E-state index contributed by atoms with van der Waals surface area (Å²) in [4.78, 5) is 24.1. The third-order valence-corrected chi connectivity index (χ3v) is 6.49. The lowest BCUT2D eigenvalue weighted by atomic mass is 10.1. The molecule has 0 aliphatic rings. The number of benzene rings is 2. The lowest BCUT2D eigenvalue weighted by molar-refractivity contribution is -0.116. The first-order valence-corrected chi connectivity index (χ1v) is 12.1. The van der Waals surface area contributed by atoms with Gasteiger partial charge in [-0.05, 0) is 42.3 Å². The number of sulfonamides is 1. The second-order valence-corrected chi connectivity index (χ2v) is 10.1. The van der Waals surface area contributed by atoms with Crippen molar-refractivity contribution in [1.29, 1.82) is 0 Å². The standard InChI is InChI=1S/C21H23N5O4S2/c1-14(2)12-18(27)23-16-8-10-17(11-9-16)32(29,30)22-13-19-25-26-21(31-19)20(28)24-15-6-4-3-5-7-15/h3-11,14,22H,12-13H2,1-2H3,(H,23,27)(H,24,28). The number of nitrogens with one attached hydrogen (secondary N) is 3. The monoisotopic (exact) mass is 473 g/mol. The maximum absolute atomic E-state index is 12.5. The lowest BCUT2D eigenvalue weighted by Gasteiger charge is -2.09. The molecule has 3 rings (SSSR count). The molecule has 9 nitrogen and oxygen atoms in total. The van der Waals surface area contributed by atoms with Crippen LogP contribution in [0.4, 0.5) is 11.4 Å².